The van der Waals surface area contributed by atoms with Gasteiger partial charge >= 0.3 is 11.9 Å². The molecule has 0 aromatic rings. The summed E-state index contributed by atoms with van der Waals surface area (Å²) in [7, 11) is 0. The summed E-state index contributed by atoms with van der Waals surface area (Å²) in [6, 6.07) is 0. The minimum absolute atomic E-state index is 0.0147. The zero-order chi connectivity index (χ0) is 18.6. The van der Waals surface area contributed by atoms with Crippen LogP contribution in [0.3, 0.4) is 0 Å². The van der Waals surface area contributed by atoms with Gasteiger partial charge in [-0.2, -0.15) is 0 Å². The number of hydrogen-bond donors (Lipinski definition) is 1. The number of esters is 1. The lowest BCUT2D eigenvalue weighted by molar-refractivity contribution is -0.158. The van der Waals surface area contributed by atoms with Crippen molar-refractivity contribution in [1.29, 1.82) is 0 Å². The molecule has 7 heteroatoms. The van der Waals surface area contributed by atoms with Crippen LogP contribution in [0.1, 0.15) is 39.0 Å². The molecule has 4 aliphatic carbocycles. The first-order valence-electron chi connectivity index (χ1n) is 9.05. The first-order chi connectivity index (χ1) is 12.2. The quantitative estimate of drug-likeness (QED) is 0.273. The summed E-state index contributed by atoms with van der Waals surface area (Å²) in [6.45, 7) is 1.65. The van der Waals surface area contributed by atoms with E-state index < -0.39 is 40.2 Å². The number of allylic oxidation sites excluding steroid dienone is 1. The smallest absolute Gasteiger partial charge is 0.314 e. The number of carboxylic acid groups (broad SMARTS) is 1. The van der Waals surface area contributed by atoms with E-state index in [1.807, 2.05) is 6.08 Å². The van der Waals surface area contributed by atoms with Gasteiger partial charge in [0.2, 0.25) is 0 Å². The molecule has 0 amide bonds. The van der Waals surface area contributed by atoms with Crippen LogP contribution in [0, 0.1) is 28.6 Å². The molecule has 0 unspecified atom stereocenters. The maximum absolute atomic E-state index is 13.2. The molecule has 0 aromatic heterocycles. The van der Waals surface area contributed by atoms with E-state index in [2.05, 4.69) is 22.6 Å². The summed E-state index contributed by atoms with van der Waals surface area (Å²) in [5.41, 5.74) is -2.18. The fourth-order valence-electron chi connectivity index (χ4n) is 6.55. The lowest BCUT2D eigenvalue weighted by Gasteiger charge is -2.56. The van der Waals surface area contributed by atoms with Crippen LogP contribution in [-0.4, -0.2) is 38.1 Å². The minimum atomic E-state index is -1.20. The van der Waals surface area contributed by atoms with E-state index in [9.17, 15) is 24.3 Å². The van der Waals surface area contributed by atoms with Crippen molar-refractivity contribution in [1.82, 2.24) is 0 Å². The molecule has 6 nitrogen and oxygen atoms in total. The van der Waals surface area contributed by atoms with E-state index in [-0.39, 0.29) is 34.3 Å². The molecule has 0 aromatic carbocycles. The third kappa shape index (κ3) is 1.57. The van der Waals surface area contributed by atoms with Crippen molar-refractivity contribution in [2.45, 2.75) is 48.6 Å². The molecule has 0 radical (unpaired) electrons. The maximum atomic E-state index is 13.2. The van der Waals surface area contributed by atoms with Gasteiger partial charge in [0, 0.05) is 24.7 Å². The Balaban J connectivity index is 1.74. The Morgan fingerprint density at radius 3 is 2.77 bits per heavy atom. The molecule has 3 saturated carbocycles. The molecule has 4 fully saturated rings. The predicted octanol–water partition coefficient (Wildman–Crippen LogP) is 2.08. The van der Waals surface area contributed by atoms with E-state index >= 15 is 0 Å². The van der Waals surface area contributed by atoms with Crippen molar-refractivity contribution in [2.75, 3.05) is 0 Å². The maximum Gasteiger partial charge on any atom is 0.314 e. The summed E-state index contributed by atoms with van der Waals surface area (Å²) in [5.74, 6) is -2.86. The molecule has 1 spiro atoms. The van der Waals surface area contributed by atoms with Crippen LogP contribution in [-0.2, 0) is 23.9 Å². The Labute approximate surface area is 163 Å². The minimum Gasteiger partial charge on any atom is -0.481 e. The van der Waals surface area contributed by atoms with Crippen LogP contribution in [0.25, 0.3) is 0 Å². The number of ether oxygens (including phenoxy) is 1. The van der Waals surface area contributed by atoms with E-state index in [0.29, 0.717) is 19.3 Å². The number of carboxylic acids is 1. The molecule has 4 bridgehead atoms. The Morgan fingerprint density at radius 2 is 2.08 bits per heavy atom. The first-order valence-corrected chi connectivity index (χ1v) is 10.3. The summed E-state index contributed by atoms with van der Waals surface area (Å²) >= 11 is 2.20. The number of fused-ring (bicyclic) bond motifs is 1. The SMILES string of the molecule is C[C@@]12C(=O)O[C@@]3(C4=CC[C@@H]5C[C@]4(CC5=O)C(=O)C[C@H]13)[C@H](I)C[C@H]2C(=O)O. The molecule has 1 saturated heterocycles. The number of halogens is 1. The van der Waals surface area contributed by atoms with Crippen LogP contribution in [0.4, 0.5) is 0 Å². The normalized spacial score (nSPS) is 51.5. The van der Waals surface area contributed by atoms with Gasteiger partial charge in [0.1, 0.15) is 11.6 Å². The molecule has 1 N–H and O–H groups in total. The second-order valence-electron chi connectivity index (χ2n) is 8.72. The Kier molecular flexibility index (Phi) is 3.10. The Bertz CT molecular complexity index is 832. The van der Waals surface area contributed by atoms with Crippen LogP contribution < -0.4 is 0 Å². The number of hydrogen-bond acceptors (Lipinski definition) is 5. The zero-order valence-corrected chi connectivity index (χ0v) is 16.4. The number of carbonyl (C=O) groups excluding carboxylic acids is 3. The topological polar surface area (TPSA) is 97.7 Å². The van der Waals surface area contributed by atoms with Crippen molar-refractivity contribution in [3.63, 3.8) is 0 Å². The lowest BCUT2D eigenvalue weighted by Crippen LogP contribution is -2.64. The monoisotopic (exact) mass is 470 g/mol. The molecule has 26 heavy (non-hydrogen) atoms. The van der Waals surface area contributed by atoms with Gasteiger partial charge < -0.3 is 9.84 Å². The van der Waals surface area contributed by atoms with Crippen molar-refractivity contribution >= 4 is 46.1 Å². The van der Waals surface area contributed by atoms with Gasteiger partial charge in [-0.1, -0.05) is 28.7 Å². The van der Waals surface area contributed by atoms with Crippen LogP contribution >= 0.6 is 22.6 Å². The van der Waals surface area contributed by atoms with E-state index in [1.54, 1.807) is 6.92 Å². The van der Waals surface area contributed by atoms with Gasteiger partial charge in [0.15, 0.2) is 5.60 Å². The van der Waals surface area contributed by atoms with Gasteiger partial charge in [-0.3, -0.25) is 19.2 Å². The molecule has 1 heterocycles. The average Bonchev–Trinajstić information content (AvgIpc) is 2.93. The molecule has 138 valence electrons. The number of aliphatic carboxylic acids is 1. The van der Waals surface area contributed by atoms with Crippen molar-refractivity contribution in [2.24, 2.45) is 28.6 Å². The largest absolute Gasteiger partial charge is 0.481 e. The highest BCUT2D eigenvalue weighted by molar-refractivity contribution is 14.1. The third-order valence-corrected chi connectivity index (χ3v) is 9.30. The molecule has 7 atom stereocenters. The second kappa shape index (κ2) is 4.77. The Hall–Kier alpha value is -1.25. The molecule has 5 aliphatic rings. The van der Waals surface area contributed by atoms with Crippen LogP contribution in [0.15, 0.2) is 11.6 Å². The van der Waals surface area contributed by atoms with Crippen LogP contribution in [0.2, 0.25) is 0 Å². The lowest BCUT2D eigenvalue weighted by atomic mass is 9.47. The van der Waals surface area contributed by atoms with E-state index in [4.69, 9.17) is 4.74 Å². The van der Waals surface area contributed by atoms with Gasteiger partial charge in [-0.15, -0.1) is 0 Å². The number of Topliss-reactive ketones (excluding diaryl/α,β-unsaturated/α-hetero) is 2. The standard InChI is InChI=1S/C19H19IO6/c1-17-9(15(23)24)4-13(20)19(26-16(17)25)11-3-2-8-6-18(11,7-10(8)21)14(22)5-12(17)19/h3,8-9,12-13H,2,4-7H2,1H3,(H,23,24)/t8-,9+,12-,13-,17+,18-,19-/m1/s1. The molecular formula is C19H19IO6. The highest BCUT2D eigenvalue weighted by Gasteiger charge is 2.78. The third-order valence-electron chi connectivity index (χ3n) is 7.87. The summed E-state index contributed by atoms with van der Waals surface area (Å²) < 4.78 is 5.80. The summed E-state index contributed by atoms with van der Waals surface area (Å²) in [4.78, 5) is 50.5. The molecule has 1 aliphatic heterocycles. The predicted molar refractivity (Wildman–Crippen MR) is 96.5 cm³/mol. The van der Waals surface area contributed by atoms with Crippen LogP contribution in [0.5, 0.6) is 0 Å². The summed E-state index contributed by atoms with van der Waals surface area (Å²) in [6.07, 6.45) is 3.71. The fourth-order valence-corrected chi connectivity index (χ4v) is 7.95. The van der Waals surface area contributed by atoms with Gasteiger partial charge in [0.05, 0.1) is 20.7 Å². The van der Waals surface area contributed by atoms with Crippen molar-refractivity contribution in [3.05, 3.63) is 11.6 Å². The molecule has 5 rings (SSSR count). The number of ketones is 2. The summed E-state index contributed by atoms with van der Waals surface area (Å²) in [5, 5.41) is 9.73. The van der Waals surface area contributed by atoms with E-state index in [1.165, 1.54) is 0 Å². The number of carbonyl (C=O) groups is 4. The first kappa shape index (κ1) is 16.9. The van der Waals surface area contributed by atoms with Crippen molar-refractivity contribution < 1.29 is 29.0 Å². The van der Waals surface area contributed by atoms with Gasteiger partial charge in [-0.25, -0.2) is 0 Å². The van der Waals surface area contributed by atoms with Gasteiger partial charge in [0.25, 0.3) is 0 Å². The van der Waals surface area contributed by atoms with E-state index in [0.717, 1.165) is 5.57 Å². The number of rotatable bonds is 1. The fraction of sp³-hybridized carbons (Fsp3) is 0.684. The highest BCUT2D eigenvalue weighted by Crippen LogP contribution is 2.71. The highest BCUT2D eigenvalue weighted by atomic mass is 127. The average molecular weight is 470 g/mol. The van der Waals surface area contributed by atoms with Crippen molar-refractivity contribution in [3.8, 4) is 0 Å². The molecular weight excluding hydrogens is 451 g/mol. The number of alkyl halides is 1. The second-order valence-corrected chi connectivity index (χ2v) is 10.2. The zero-order valence-electron chi connectivity index (χ0n) is 14.3. The Morgan fingerprint density at radius 1 is 1.35 bits per heavy atom. The van der Waals surface area contributed by atoms with Gasteiger partial charge in [-0.05, 0) is 31.8 Å².